The molecule has 0 amide bonds. The Labute approximate surface area is 120 Å². The van der Waals surface area contributed by atoms with E-state index in [9.17, 15) is 9.18 Å². The van der Waals surface area contributed by atoms with Crippen molar-refractivity contribution in [2.75, 3.05) is 0 Å². The summed E-state index contributed by atoms with van der Waals surface area (Å²) in [6, 6.07) is 9.50. The highest BCUT2D eigenvalue weighted by atomic mass is 35.5. The molecule has 100 valence electrons. The minimum Gasteiger partial charge on any atom is -0.360 e. The van der Waals surface area contributed by atoms with Crippen LogP contribution in [-0.4, -0.2) is 10.8 Å². The average molecular weight is 288 g/mol. The molecule has 0 atom stereocenters. The van der Waals surface area contributed by atoms with Gasteiger partial charge in [-0.05, 0) is 36.8 Å². The number of carbonyl (C=O) groups excluding carboxylic acids is 1. The van der Waals surface area contributed by atoms with Crippen molar-refractivity contribution in [1.29, 1.82) is 0 Å². The summed E-state index contributed by atoms with van der Waals surface area (Å²) in [7, 11) is 0. The molecule has 0 fully saturated rings. The van der Waals surface area contributed by atoms with Crippen LogP contribution in [0.1, 0.15) is 21.5 Å². The number of fused-ring (bicyclic) bond motifs is 1. The lowest BCUT2D eigenvalue weighted by Crippen LogP contribution is -2.03. The lowest BCUT2D eigenvalue weighted by Gasteiger charge is -2.04. The second-order valence-corrected chi connectivity index (χ2v) is 5.12. The molecule has 0 saturated heterocycles. The molecular formula is C16H11ClFNO. The molecule has 0 aliphatic carbocycles. The number of carbonyl (C=O) groups is 1. The SMILES string of the molecule is Cc1ccc(F)cc1C(=O)c1c[nH]c2cc(Cl)ccc12. The fourth-order valence-electron chi connectivity index (χ4n) is 2.27. The van der Waals surface area contributed by atoms with Crippen LogP contribution in [0.5, 0.6) is 0 Å². The smallest absolute Gasteiger partial charge is 0.195 e. The number of nitrogens with one attached hydrogen (secondary N) is 1. The molecule has 4 heteroatoms. The highest BCUT2D eigenvalue weighted by molar-refractivity contribution is 6.31. The molecule has 2 nitrogen and oxygen atoms in total. The van der Waals surface area contributed by atoms with Crippen LogP contribution < -0.4 is 0 Å². The van der Waals surface area contributed by atoms with Crippen LogP contribution in [0.4, 0.5) is 4.39 Å². The van der Waals surface area contributed by atoms with Crippen molar-refractivity contribution in [3.63, 3.8) is 0 Å². The van der Waals surface area contributed by atoms with Gasteiger partial charge in [0, 0.05) is 33.2 Å². The summed E-state index contributed by atoms with van der Waals surface area (Å²) in [5.74, 6) is -0.614. The lowest BCUT2D eigenvalue weighted by atomic mass is 9.98. The molecule has 0 aliphatic rings. The van der Waals surface area contributed by atoms with Gasteiger partial charge in [0.2, 0.25) is 0 Å². The predicted molar refractivity (Wildman–Crippen MR) is 77.9 cm³/mol. The maximum atomic E-state index is 13.3. The van der Waals surface area contributed by atoms with Crippen molar-refractivity contribution >= 4 is 28.3 Å². The third kappa shape index (κ3) is 2.10. The van der Waals surface area contributed by atoms with Crippen LogP contribution in [-0.2, 0) is 0 Å². The van der Waals surface area contributed by atoms with Gasteiger partial charge in [0.25, 0.3) is 0 Å². The molecule has 0 unspecified atom stereocenters. The van der Waals surface area contributed by atoms with Gasteiger partial charge in [0.1, 0.15) is 5.82 Å². The van der Waals surface area contributed by atoms with Gasteiger partial charge in [-0.3, -0.25) is 4.79 Å². The van der Waals surface area contributed by atoms with Crippen LogP contribution in [0.25, 0.3) is 10.9 Å². The fourth-order valence-corrected chi connectivity index (χ4v) is 2.44. The topological polar surface area (TPSA) is 32.9 Å². The summed E-state index contributed by atoms with van der Waals surface area (Å²) in [5.41, 5.74) is 2.43. The third-order valence-electron chi connectivity index (χ3n) is 3.33. The van der Waals surface area contributed by atoms with E-state index in [-0.39, 0.29) is 5.78 Å². The summed E-state index contributed by atoms with van der Waals surface area (Å²) >= 11 is 5.92. The summed E-state index contributed by atoms with van der Waals surface area (Å²) in [6.07, 6.45) is 1.63. The summed E-state index contributed by atoms with van der Waals surface area (Å²) < 4.78 is 13.3. The third-order valence-corrected chi connectivity index (χ3v) is 3.57. The standard InChI is InChI=1S/C16H11ClFNO/c1-9-2-4-11(18)7-13(9)16(20)14-8-19-15-6-10(17)3-5-12(14)15/h2-8,19H,1H3. The van der Waals surface area contributed by atoms with Gasteiger partial charge < -0.3 is 4.98 Å². The monoisotopic (exact) mass is 287 g/mol. The minimum atomic E-state index is -0.415. The van der Waals surface area contributed by atoms with E-state index in [1.165, 1.54) is 12.1 Å². The van der Waals surface area contributed by atoms with Crippen LogP contribution in [0, 0.1) is 12.7 Å². The maximum absolute atomic E-state index is 13.3. The van der Waals surface area contributed by atoms with Crippen molar-refractivity contribution < 1.29 is 9.18 Å². The molecule has 0 radical (unpaired) electrons. The first-order valence-electron chi connectivity index (χ1n) is 6.14. The number of hydrogen-bond donors (Lipinski definition) is 1. The summed E-state index contributed by atoms with van der Waals surface area (Å²) in [5, 5.41) is 1.38. The zero-order valence-electron chi connectivity index (χ0n) is 10.7. The maximum Gasteiger partial charge on any atom is 0.195 e. The Balaban J connectivity index is 2.15. The normalized spacial score (nSPS) is 10.9. The molecule has 0 saturated carbocycles. The predicted octanol–water partition coefficient (Wildman–Crippen LogP) is 4.50. The summed E-state index contributed by atoms with van der Waals surface area (Å²) in [4.78, 5) is 15.6. The van der Waals surface area contributed by atoms with E-state index in [1.807, 2.05) is 0 Å². The van der Waals surface area contributed by atoms with E-state index in [0.717, 1.165) is 16.5 Å². The number of aromatic amines is 1. The van der Waals surface area contributed by atoms with Gasteiger partial charge in [-0.1, -0.05) is 23.7 Å². The molecule has 3 rings (SSSR count). The highest BCUT2D eigenvalue weighted by Crippen LogP contribution is 2.25. The molecule has 2 aromatic carbocycles. The highest BCUT2D eigenvalue weighted by Gasteiger charge is 2.16. The number of H-pyrrole nitrogens is 1. The largest absolute Gasteiger partial charge is 0.360 e. The van der Waals surface area contributed by atoms with Crippen LogP contribution in [0.2, 0.25) is 5.02 Å². The van der Waals surface area contributed by atoms with Crippen LogP contribution in [0.15, 0.2) is 42.6 Å². The quantitative estimate of drug-likeness (QED) is 0.692. The van der Waals surface area contributed by atoms with Gasteiger partial charge >= 0.3 is 0 Å². The fraction of sp³-hybridized carbons (Fsp3) is 0.0625. The number of halogens is 2. The van der Waals surface area contributed by atoms with Gasteiger partial charge in [-0.25, -0.2) is 4.39 Å². The molecule has 20 heavy (non-hydrogen) atoms. The van der Waals surface area contributed by atoms with Gasteiger partial charge in [0.05, 0.1) is 0 Å². The first-order valence-corrected chi connectivity index (χ1v) is 6.51. The van der Waals surface area contributed by atoms with E-state index in [4.69, 9.17) is 11.6 Å². The molecular weight excluding hydrogens is 277 g/mol. The van der Waals surface area contributed by atoms with E-state index in [1.54, 1.807) is 37.4 Å². The number of benzene rings is 2. The van der Waals surface area contributed by atoms with Gasteiger partial charge in [-0.15, -0.1) is 0 Å². The van der Waals surface area contributed by atoms with Crippen LogP contribution in [0.3, 0.4) is 0 Å². The zero-order chi connectivity index (χ0) is 14.3. The Bertz CT molecular complexity index is 822. The van der Waals surface area contributed by atoms with Crippen molar-refractivity contribution in [3.05, 3.63) is 70.1 Å². The molecule has 0 spiro atoms. The van der Waals surface area contributed by atoms with E-state index in [0.29, 0.717) is 16.1 Å². The van der Waals surface area contributed by atoms with Crippen molar-refractivity contribution in [1.82, 2.24) is 4.98 Å². The van der Waals surface area contributed by atoms with Crippen molar-refractivity contribution in [2.45, 2.75) is 6.92 Å². The van der Waals surface area contributed by atoms with E-state index >= 15 is 0 Å². The first-order chi connectivity index (χ1) is 9.56. The Kier molecular flexibility index (Phi) is 3.07. The van der Waals surface area contributed by atoms with Crippen molar-refractivity contribution in [3.8, 4) is 0 Å². The van der Waals surface area contributed by atoms with Crippen LogP contribution >= 0.6 is 11.6 Å². The molecule has 1 aromatic heterocycles. The zero-order valence-corrected chi connectivity index (χ0v) is 11.5. The van der Waals surface area contributed by atoms with Gasteiger partial charge in [0.15, 0.2) is 5.78 Å². The Morgan fingerprint density at radius 3 is 2.75 bits per heavy atom. The first kappa shape index (κ1) is 12.9. The Morgan fingerprint density at radius 2 is 1.95 bits per heavy atom. The number of aryl methyl sites for hydroxylation is 1. The second-order valence-electron chi connectivity index (χ2n) is 4.68. The summed E-state index contributed by atoms with van der Waals surface area (Å²) in [6.45, 7) is 1.79. The lowest BCUT2D eigenvalue weighted by molar-refractivity contribution is 0.103. The van der Waals surface area contributed by atoms with E-state index in [2.05, 4.69) is 4.98 Å². The molecule has 1 N–H and O–H groups in total. The average Bonchev–Trinajstić information content (AvgIpc) is 2.83. The molecule has 1 heterocycles. The van der Waals surface area contributed by atoms with E-state index < -0.39 is 5.82 Å². The minimum absolute atomic E-state index is 0.199. The second kappa shape index (κ2) is 4.76. The number of hydrogen-bond acceptors (Lipinski definition) is 1. The molecule has 3 aromatic rings. The Hall–Kier alpha value is -2.13. The number of rotatable bonds is 2. The number of ketones is 1. The Morgan fingerprint density at radius 1 is 1.15 bits per heavy atom. The van der Waals surface area contributed by atoms with Gasteiger partial charge in [-0.2, -0.15) is 0 Å². The van der Waals surface area contributed by atoms with Crippen molar-refractivity contribution in [2.24, 2.45) is 0 Å². The molecule has 0 bridgehead atoms. The number of aromatic nitrogens is 1. The molecule has 0 aliphatic heterocycles.